The highest BCUT2D eigenvalue weighted by atomic mass is 16.5. The number of rotatable bonds is 3. The topological polar surface area (TPSA) is 21.6 Å². The van der Waals surface area contributed by atoms with E-state index in [1.54, 1.807) is 0 Å². The lowest BCUT2D eigenvalue weighted by Gasteiger charge is -2.04. The second kappa shape index (κ2) is 4.47. The van der Waals surface area contributed by atoms with Crippen molar-refractivity contribution < 1.29 is 4.74 Å². The molecule has 15 heavy (non-hydrogen) atoms. The molecule has 0 saturated heterocycles. The second-order valence-electron chi connectivity index (χ2n) is 4.28. The molecule has 0 N–H and O–H groups in total. The SMILES string of the molecule is CC(C)C1=NC(Cc2ccccc2)CO1. The summed E-state index contributed by atoms with van der Waals surface area (Å²) in [5.41, 5.74) is 1.33. The maximum Gasteiger partial charge on any atom is 0.186 e. The van der Waals surface area contributed by atoms with E-state index in [9.17, 15) is 0 Å². The molecule has 1 atom stereocenters. The van der Waals surface area contributed by atoms with Crippen molar-refractivity contribution >= 4 is 5.90 Å². The Morgan fingerprint density at radius 3 is 2.67 bits per heavy atom. The summed E-state index contributed by atoms with van der Waals surface area (Å²) >= 11 is 0. The molecule has 80 valence electrons. The number of aliphatic imine (C=N–C) groups is 1. The van der Waals surface area contributed by atoms with Crippen LogP contribution in [0.5, 0.6) is 0 Å². The van der Waals surface area contributed by atoms with Crippen molar-refractivity contribution in [2.45, 2.75) is 26.3 Å². The van der Waals surface area contributed by atoms with E-state index in [-0.39, 0.29) is 0 Å². The van der Waals surface area contributed by atoms with Gasteiger partial charge < -0.3 is 4.74 Å². The standard InChI is InChI=1S/C13H17NO/c1-10(2)13-14-12(9-15-13)8-11-6-4-3-5-7-11/h3-7,10,12H,8-9H2,1-2H3. The lowest BCUT2D eigenvalue weighted by Crippen LogP contribution is -2.10. The molecule has 2 nitrogen and oxygen atoms in total. The van der Waals surface area contributed by atoms with Gasteiger partial charge in [0.2, 0.25) is 0 Å². The van der Waals surface area contributed by atoms with Crippen molar-refractivity contribution in [1.82, 2.24) is 0 Å². The molecule has 1 aromatic carbocycles. The van der Waals surface area contributed by atoms with Gasteiger partial charge in [0.25, 0.3) is 0 Å². The van der Waals surface area contributed by atoms with E-state index in [1.807, 2.05) is 6.07 Å². The zero-order valence-corrected chi connectivity index (χ0v) is 9.31. The third-order valence-corrected chi connectivity index (χ3v) is 2.54. The Balaban J connectivity index is 1.98. The number of benzene rings is 1. The van der Waals surface area contributed by atoms with Gasteiger partial charge in [0.1, 0.15) is 6.61 Å². The van der Waals surface area contributed by atoms with Crippen molar-refractivity contribution in [2.75, 3.05) is 6.61 Å². The van der Waals surface area contributed by atoms with E-state index >= 15 is 0 Å². The fourth-order valence-corrected chi connectivity index (χ4v) is 1.74. The van der Waals surface area contributed by atoms with Crippen LogP contribution in [0.15, 0.2) is 35.3 Å². The summed E-state index contributed by atoms with van der Waals surface area (Å²) in [6.45, 7) is 4.97. The van der Waals surface area contributed by atoms with Crippen LogP contribution in [-0.4, -0.2) is 18.5 Å². The van der Waals surface area contributed by atoms with E-state index in [2.05, 4.69) is 43.1 Å². The predicted molar refractivity (Wildman–Crippen MR) is 62.2 cm³/mol. The lowest BCUT2D eigenvalue weighted by atomic mass is 10.1. The van der Waals surface area contributed by atoms with Gasteiger partial charge in [-0.25, -0.2) is 4.99 Å². The van der Waals surface area contributed by atoms with E-state index in [1.165, 1.54) is 5.56 Å². The molecule has 0 fully saturated rings. The van der Waals surface area contributed by atoms with Crippen LogP contribution in [-0.2, 0) is 11.2 Å². The van der Waals surface area contributed by atoms with Crippen LogP contribution >= 0.6 is 0 Å². The fourth-order valence-electron chi connectivity index (χ4n) is 1.74. The van der Waals surface area contributed by atoms with Gasteiger partial charge in [-0.3, -0.25) is 0 Å². The van der Waals surface area contributed by atoms with Crippen molar-refractivity contribution in [3.8, 4) is 0 Å². The Labute approximate surface area is 91.0 Å². The summed E-state index contributed by atoms with van der Waals surface area (Å²) in [5.74, 6) is 1.32. The zero-order valence-electron chi connectivity index (χ0n) is 9.31. The molecule has 1 aliphatic rings. The number of hydrogen-bond donors (Lipinski definition) is 0. The molecule has 0 radical (unpaired) electrons. The van der Waals surface area contributed by atoms with Crippen LogP contribution in [0.3, 0.4) is 0 Å². The van der Waals surface area contributed by atoms with Gasteiger partial charge in [-0.2, -0.15) is 0 Å². The third kappa shape index (κ3) is 2.58. The molecule has 2 rings (SSSR count). The highest BCUT2D eigenvalue weighted by Crippen LogP contribution is 2.15. The van der Waals surface area contributed by atoms with E-state index < -0.39 is 0 Å². The molecule has 0 aliphatic carbocycles. The molecule has 0 aromatic heterocycles. The summed E-state index contributed by atoms with van der Waals surface area (Å²) in [4.78, 5) is 4.58. The quantitative estimate of drug-likeness (QED) is 0.740. The van der Waals surface area contributed by atoms with Gasteiger partial charge in [-0.15, -0.1) is 0 Å². The number of hydrogen-bond acceptors (Lipinski definition) is 2. The molecule has 1 heterocycles. The largest absolute Gasteiger partial charge is 0.478 e. The average molecular weight is 203 g/mol. The molecule has 1 unspecified atom stereocenters. The Morgan fingerprint density at radius 2 is 2.07 bits per heavy atom. The number of nitrogens with zero attached hydrogens (tertiary/aromatic N) is 1. The molecular formula is C13H17NO. The molecule has 0 amide bonds. The maximum absolute atomic E-state index is 5.55. The zero-order chi connectivity index (χ0) is 10.7. The van der Waals surface area contributed by atoms with Gasteiger partial charge in [-0.1, -0.05) is 44.2 Å². The Morgan fingerprint density at radius 1 is 1.33 bits per heavy atom. The first-order chi connectivity index (χ1) is 7.25. The normalized spacial score (nSPS) is 20.2. The Kier molecular flexibility index (Phi) is 3.05. The summed E-state index contributed by atoms with van der Waals surface area (Å²) < 4.78 is 5.55. The Hall–Kier alpha value is -1.31. The van der Waals surface area contributed by atoms with Crippen molar-refractivity contribution in [1.29, 1.82) is 0 Å². The summed E-state index contributed by atoms with van der Waals surface area (Å²) in [6, 6.07) is 10.8. The average Bonchev–Trinajstić information content (AvgIpc) is 2.68. The summed E-state index contributed by atoms with van der Waals surface area (Å²) in [6.07, 6.45) is 0.983. The number of ether oxygens (including phenoxy) is 1. The molecule has 0 saturated carbocycles. The monoisotopic (exact) mass is 203 g/mol. The van der Waals surface area contributed by atoms with E-state index in [0.29, 0.717) is 12.0 Å². The van der Waals surface area contributed by atoms with Crippen LogP contribution in [0, 0.1) is 5.92 Å². The first-order valence-corrected chi connectivity index (χ1v) is 5.50. The molecule has 0 spiro atoms. The fraction of sp³-hybridized carbons (Fsp3) is 0.462. The molecule has 0 bridgehead atoms. The predicted octanol–water partition coefficient (Wildman–Crippen LogP) is 2.68. The highest BCUT2D eigenvalue weighted by molar-refractivity contribution is 5.79. The van der Waals surface area contributed by atoms with E-state index in [4.69, 9.17) is 4.74 Å². The van der Waals surface area contributed by atoms with Crippen LogP contribution in [0.2, 0.25) is 0 Å². The summed E-state index contributed by atoms with van der Waals surface area (Å²) in [5, 5.41) is 0. The first-order valence-electron chi connectivity index (χ1n) is 5.50. The van der Waals surface area contributed by atoms with Crippen LogP contribution in [0.1, 0.15) is 19.4 Å². The first kappa shape index (κ1) is 10.2. The van der Waals surface area contributed by atoms with Gasteiger partial charge in [0.15, 0.2) is 5.90 Å². The van der Waals surface area contributed by atoms with Crippen LogP contribution in [0.4, 0.5) is 0 Å². The minimum atomic E-state index is 0.310. The molecular weight excluding hydrogens is 186 g/mol. The van der Waals surface area contributed by atoms with Gasteiger partial charge >= 0.3 is 0 Å². The molecule has 1 aromatic rings. The lowest BCUT2D eigenvalue weighted by molar-refractivity contribution is 0.301. The van der Waals surface area contributed by atoms with Crippen molar-refractivity contribution in [3.05, 3.63) is 35.9 Å². The summed E-state index contributed by atoms with van der Waals surface area (Å²) in [7, 11) is 0. The third-order valence-electron chi connectivity index (χ3n) is 2.54. The highest BCUT2D eigenvalue weighted by Gasteiger charge is 2.20. The second-order valence-corrected chi connectivity index (χ2v) is 4.28. The van der Waals surface area contributed by atoms with Crippen molar-refractivity contribution in [3.63, 3.8) is 0 Å². The van der Waals surface area contributed by atoms with Gasteiger partial charge in [0.05, 0.1) is 6.04 Å². The van der Waals surface area contributed by atoms with E-state index in [0.717, 1.165) is 18.9 Å². The minimum absolute atomic E-state index is 0.310. The van der Waals surface area contributed by atoms with Crippen molar-refractivity contribution in [2.24, 2.45) is 10.9 Å². The van der Waals surface area contributed by atoms with Crippen LogP contribution < -0.4 is 0 Å². The van der Waals surface area contributed by atoms with Gasteiger partial charge in [0, 0.05) is 5.92 Å². The Bertz CT molecular complexity index is 343. The maximum atomic E-state index is 5.55. The van der Waals surface area contributed by atoms with Crippen LogP contribution in [0.25, 0.3) is 0 Å². The smallest absolute Gasteiger partial charge is 0.186 e. The van der Waals surface area contributed by atoms with Gasteiger partial charge in [-0.05, 0) is 12.0 Å². The minimum Gasteiger partial charge on any atom is -0.478 e. The molecule has 2 heteroatoms. The molecule has 1 aliphatic heterocycles.